The number of ether oxygens (including phenoxy) is 4. The lowest BCUT2D eigenvalue weighted by atomic mass is 9.84. The highest BCUT2D eigenvalue weighted by atomic mass is 16.7. The van der Waals surface area contributed by atoms with Gasteiger partial charge < -0.3 is 29.2 Å². The summed E-state index contributed by atoms with van der Waals surface area (Å²) < 4.78 is 20.0. The smallest absolute Gasteiger partial charge is 0.305 e. The van der Waals surface area contributed by atoms with Gasteiger partial charge in [-0.1, -0.05) is 0 Å². The standard InChI is InChI=1S/C14H20O10/c1-6(16)14(5-15)12(22-8(3)18)11(21-7(2)17)10(20)13(24-14)23-9(4)19/h10-13,15,20H,5H2,1-4H3/t10-,11+,12-,13-,14-/m0/s1. The number of esters is 3. The highest BCUT2D eigenvalue weighted by molar-refractivity contribution is 5.87. The Hall–Kier alpha value is -2.04. The Labute approximate surface area is 137 Å². The lowest BCUT2D eigenvalue weighted by Crippen LogP contribution is -2.70. The summed E-state index contributed by atoms with van der Waals surface area (Å²) in [6.07, 6.45) is -6.69. The largest absolute Gasteiger partial charge is 0.455 e. The molecule has 0 spiro atoms. The molecule has 0 aliphatic carbocycles. The number of rotatable bonds is 5. The molecule has 0 saturated carbocycles. The van der Waals surface area contributed by atoms with Gasteiger partial charge in [-0.2, -0.15) is 0 Å². The van der Waals surface area contributed by atoms with Crippen LogP contribution in [0.1, 0.15) is 27.7 Å². The minimum atomic E-state index is -2.18. The number of Topliss-reactive ketones (excluding diaryl/α,β-unsaturated/α-hetero) is 1. The van der Waals surface area contributed by atoms with Crippen LogP contribution in [0.3, 0.4) is 0 Å². The lowest BCUT2D eigenvalue weighted by Gasteiger charge is -2.47. The molecule has 10 nitrogen and oxygen atoms in total. The fourth-order valence-electron chi connectivity index (χ4n) is 2.39. The number of ketones is 1. The zero-order valence-electron chi connectivity index (χ0n) is 13.7. The van der Waals surface area contributed by atoms with Crippen molar-refractivity contribution in [2.24, 2.45) is 0 Å². The number of carbonyl (C=O) groups excluding carboxylic acids is 4. The van der Waals surface area contributed by atoms with E-state index in [2.05, 4.69) is 0 Å². The minimum Gasteiger partial charge on any atom is -0.455 e. The number of hydrogen-bond donors (Lipinski definition) is 2. The Morgan fingerprint density at radius 2 is 1.46 bits per heavy atom. The molecule has 0 unspecified atom stereocenters. The Bertz CT molecular complexity index is 530. The maximum atomic E-state index is 12.1. The van der Waals surface area contributed by atoms with Crippen LogP contribution in [0.2, 0.25) is 0 Å². The summed E-state index contributed by atoms with van der Waals surface area (Å²) in [5.74, 6) is -3.34. The molecule has 0 bridgehead atoms. The zero-order valence-corrected chi connectivity index (χ0v) is 13.7. The second-order valence-corrected chi connectivity index (χ2v) is 5.29. The van der Waals surface area contributed by atoms with Crippen molar-refractivity contribution >= 4 is 23.7 Å². The average Bonchev–Trinajstić information content (AvgIpc) is 2.44. The molecule has 0 radical (unpaired) electrons. The molecular weight excluding hydrogens is 328 g/mol. The third kappa shape index (κ3) is 4.08. The first-order valence-electron chi connectivity index (χ1n) is 7.04. The summed E-state index contributed by atoms with van der Waals surface area (Å²) in [5, 5.41) is 19.9. The summed E-state index contributed by atoms with van der Waals surface area (Å²) >= 11 is 0. The highest BCUT2D eigenvalue weighted by Gasteiger charge is 2.61. The summed E-state index contributed by atoms with van der Waals surface area (Å²) in [7, 11) is 0. The maximum absolute atomic E-state index is 12.1. The van der Waals surface area contributed by atoms with E-state index >= 15 is 0 Å². The first-order valence-corrected chi connectivity index (χ1v) is 7.04. The first-order chi connectivity index (χ1) is 11.0. The lowest BCUT2D eigenvalue weighted by molar-refractivity contribution is -0.321. The molecule has 10 heteroatoms. The van der Waals surface area contributed by atoms with Crippen LogP contribution < -0.4 is 0 Å². The van der Waals surface area contributed by atoms with E-state index in [1.54, 1.807) is 0 Å². The quantitative estimate of drug-likeness (QED) is 0.442. The monoisotopic (exact) mass is 348 g/mol. The second kappa shape index (κ2) is 7.69. The summed E-state index contributed by atoms with van der Waals surface area (Å²) in [6, 6.07) is 0. The molecule has 1 aliphatic rings. The van der Waals surface area contributed by atoms with E-state index in [1.807, 2.05) is 0 Å². The third-order valence-electron chi connectivity index (χ3n) is 3.41. The van der Waals surface area contributed by atoms with Gasteiger partial charge in [-0.25, -0.2) is 0 Å². The van der Waals surface area contributed by atoms with Crippen molar-refractivity contribution in [2.45, 2.75) is 57.9 Å². The van der Waals surface area contributed by atoms with Crippen molar-refractivity contribution in [1.29, 1.82) is 0 Å². The molecule has 1 rings (SSSR count). The van der Waals surface area contributed by atoms with E-state index in [4.69, 9.17) is 18.9 Å². The van der Waals surface area contributed by atoms with Gasteiger partial charge in [0.15, 0.2) is 29.7 Å². The molecule has 1 heterocycles. The predicted octanol–water partition coefficient (Wildman–Crippen LogP) is -1.55. The van der Waals surface area contributed by atoms with Gasteiger partial charge >= 0.3 is 17.9 Å². The van der Waals surface area contributed by atoms with Gasteiger partial charge in [-0.3, -0.25) is 19.2 Å². The molecule has 1 fully saturated rings. The van der Waals surface area contributed by atoms with E-state index in [0.717, 1.165) is 27.7 Å². The van der Waals surface area contributed by atoms with Crippen LogP contribution in [0.4, 0.5) is 0 Å². The molecule has 1 aliphatic heterocycles. The molecule has 1 saturated heterocycles. The zero-order chi connectivity index (χ0) is 18.7. The molecule has 5 atom stereocenters. The maximum Gasteiger partial charge on any atom is 0.305 e. The molecule has 24 heavy (non-hydrogen) atoms. The highest BCUT2D eigenvalue weighted by Crippen LogP contribution is 2.35. The number of carbonyl (C=O) groups is 4. The van der Waals surface area contributed by atoms with Gasteiger partial charge in [0.05, 0.1) is 6.61 Å². The van der Waals surface area contributed by atoms with E-state index in [1.165, 1.54) is 0 Å². The summed E-state index contributed by atoms with van der Waals surface area (Å²) in [5.41, 5.74) is -2.18. The van der Waals surface area contributed by atoms with Crippen LogP contribution in [0, 0.1) is 0 Å². The van der Waals surface area contributed by atoms with Gasteiger partial charge in [-0.15, -0.1) is 0 Å². The van der Waals surface area contributed by atoms with E-state index in [9.17, 15) is 29.4 Å². The van der Waals surface area contributed by atoms with Crippen LogP contribution in [0.25, 0.3) is 0 Å². The second-order valence-electron chi connectivity index (χ2n) is 5.29. The van der Waals surface area contributed by atoms with Gasteiger partial charge in [0.1, 0.15) is 0 Å². The number of hydrogen-bond acceptors (Lipinski definition) is 10. The molecule has 136 valence electrons. The Morgan fingerprint density at radius 1 is 0.958 bits per heavy atom. The molecule has 0 aromatic rings. The van der Waals surface area contributed by atoms with Crippen molar-refractivity contribution < 1.29 is 48.3 Å². The van der Waals surface area contributed by atoms with Crippen molar-refractivity contribution in [3.8, 4) is 0 Å². The molecule has 0 amide bonds. The molecule has 0 aromatic heterocycles. The Morgan fingerprint density at radius 3 is 1.83 bits per heavy atom. The van der Waals surface area contributed by atoms with Gasteiger partial charge in [0.25, 0.3) is 0 Å². The number of aliphatic hydroxyl groups excluding tert-OH is 2. The number of aliphatic hydroxyl groups is 2. The van der Waals surface area contributed by atoms with Crippen LogP contribution in [-0.2, 0) is 38.1 Å². The predicted molar refractivity (Wildman–Crippen MR) is 74.3 cm³/mol. The van der Waals surface area contributed by atoms with Gasteiger partial charge in [-0.05, 0) is 6.92 Å². The summed E-state index contributed by atoms with van der Waals surface area (Å²) in [4.78, 5) is 45.9. The Balaban J connectivity index is 3.39. The van der Waals surface area contributed by atoms with Crippen molar-refractivity contribution in [1.82, 2.24) is 0 Å². The van der Waals surface area contributed by atoms with Gasteiger partial charge in [0.2, 0.25) is 6.29 Å². The summed E-state index contributed by atoms with van der Waals surface area (Å²) in [6.45, 7) is 3.16. The molecule has 0 aromatic carbocycles. The van der Waals surface area contributed by atoms with Crippen molar-refractivity contribution in [3.05, 3.63) is 0 Å². The third-order valence-corrected chi connectivity index (χ3v) is 3.41. The fraction of sp³-hybridized carbons (Fsp3) is 0.714. The van der Waals surface area contributed by atoms with E-state index < -0.39 is 60.5 Å². The topological polar surface area (TPSA) is 146 Å². The van der Waals surface area contributed by atoms with Crippen molar-refractivity contribution in [3.63, 3.8) is 0 Å². The van der Waals surface area contributed by atoms with Crippen molar-refractivity contribution in [2.75, 3.05) is 6.61 Å². The Kier molecular flexibility index (Phi) is 6.41. The van der Waals surface area contributed by atoms with Crippen LogP contribution in [-0.4, -0.2) is 70.7 Å². The SMILES string of the molecule is CC(=O)O[C@H]1O[C@@](CO)(C(C)=O)[C@@H](OC(C)=O)[C@H](OC(C)=O)[C@@H]1O. The average molecular weight is 348 g/mol. The van der Waals surface area contributed by atoms with Crippen LogP contribution in [0.15, 0.2) is 0 Å². The molecular formula is C14H20O10. The minimum absolute atomic E-state index is 0.780. The fourth-order valence-corrected chi connectivity index (χ4v) is 2.39. The van der Waals surface area contributed by atoms with E-state index in [-0.39, 0.29) is 0 Å². The van der Waals surface area contributed by atoms with Crippen LogP contribution in [0.5, 0.6) is 0 Å². The van der Waals surface area contributed by atoms with Crippen LogP contribution >= 0.6 is 0 Å². The normalized spacial score (nSPS) is 32.6. The first kappa shape index (κ1) is 20.0. The van der Waals surface area contributed by atoms with Gasteiger partial charge in [0, 0.05) is 20.8 Å². The molecule has 2 N–H and O–H groups in total. The van der Waals surface area contributed by atoms with E-state index in [0.29, 0.717) is 0 Å².